The monoisotopic (exact) mass is 572 g/mol. The Morgan fingerprint density at radius 2 is 1.56 bits per heavy atom. The van der Waals surface area contributed by atoms with Crippen molar-refractivity contribution in [2.45, 2.75) is 159 Å². The lowest BCUT2D eigenvalue weighted by atomic mass is 9.68. The van der Waals surface area contributed by atoms with Gasteiger partial charge in [-0.05, 0) is 122 Å². The van der Waals surface area contributed by atoms with Crippen molar-refractivity contribution in [3.8, 4) is 0 Å². The van der Waals surface area contributed by atoms with Gasteiger partial charge in [-0.15, -0.1) is 6.58 Å². The molecule has 1 nitrogen and oxygen atoms in total. The highest BCUT2D eigenvalue weighted by molar-refractivity contribution is 4.93. The van der Waals surface area contributed by atoms with E-state index >= 15 is 0 Å². The van der Waals surface area contributed by atoms with E-state index in [4.69, 9.17) is 0 Å². The first kappa shape index (κ1) is 36.9. The third-order valence-electron chi connectivity index (χ3n) is 12.1. The molecule has 242 valence electrons. The molecule has 0 aromatic carbocycles. The van der Waals surface area contributed by atoms with Crippen molar-refractivity contribution in [3.05, 3.63) is 12.7 Å². The van der Waals surface area contributed by atoms with Crippen LogP contribution in [0.1, 0.15) is 159 Å². The van der Waals surface area contributed by atoms with E-state index < -0.39 is 0 Å². The number of hydrogen-bond acceptors (Lipinski definition) is 1. The minimum atomic E-state index is 0.353. The molecule has 0 amide bonds. The summed E-state index contributed by atoms with van der Waals surface area (Å²) in [7, 11) is 0. The second-order valence-corrected chi connectivity index (χ2v) is 17.1. The number of hydrogen-bond donors (Lipinski definition) is 1. The van der Waals surface area contributed by atoms with Gasteiger partial charge in [0, 0.05) is 0 Å². The van der Waals surface area contributed by atoms with Crippen LogP contribution in [0.3, 0.4) is 0 Å². The Morgan fingerprint density at radius 1 is 0.878 bits per heavy atom. The first-order valence-corrected chi connectivity index (χ1v) is 18.7. The van der Waals surface area contributed by atoms with Gasteiger partial charge >= 0.3 is 0 Å². The number of nitrogens with one attached hydrogen (secondary N) is 1. The van der Waals surface area contributed by atoms with Crippen LogP contribution >= 0.6 is 0 Å². The Morgan fingerprint density at radius 3 is 2.07 bits per heavy atom. The Kier molecular flexibility index (Phi) is 16.6. The van der Waals surface area contributed by atoms with Crippen molar-refractivity contribution in [2.24, 2.45) is 70.5 Å². The van der Waals surface area contributed by atoms with Gasteiger partial charge in [0.1, 0.15) is 0 Å². The molecule has 0 aromatic rings. The highest BCUT2D eigenvalue weighted by Crippen LogP contribution is 2.45. The first-order chi connectivity index (χ1) is 19.4. The maximum absolute atomic E-state index is 4.44. The zero-order chi connectivity index (χ0) is 30.6. The van der Waals surface area contributed by atoms with Crippen LogP contribution in [-0.2, 0) is 0 Å². The Labute approximate surface area is 260 Å². The van der Waals surface area contributed by atoms with Crippen LogP contribution < -0.4 is 5.32 Å². The molecule has 2 rings (SSSR count). The topological polar surface area (TPSA) is 12.0 Å². The highest BCUT2D eigenvalue weighted by Gasteiger charge is 2.36. The van der Waals surface area contributed by atoms with Crippen LogP contribution in [0.15, 0.2) is 12.7 Å². The predicted molar refractivity (Wildman–Crippen MR) is 185 cm³/mol. The van der Waals surface area contributed by atoms with E-state index in [1.807, 2.05) is 0 Å². The average Bonchev–Trinajstić information content (AvgIpc) is 3.56. The average molecular weight is 572 g/mol. The second-order valence-electron chi connectivity index (χ2n) is 17.1. The SMILES string of the molecule is C=CC(CCC(CCNCC(C(CCC)C(C)C)C(C)(C)C)C(C)CC1CCCC1)C(CC(C)C)C1CCCC1C. The van der Waals surface area contributed by atoms with Crippen molar-refractivity contribution in [1.29, 1.82) is 0 Å². The molecule has 2 aliphatic carbocycles. The van der Waals surface area contributed by atoms with Gasteiger partial charge in [0.2, 0.25) is 0 Å². The molecular weight excluding hydrogens is 494 g/mol. The minimum Gasteiger partial charge on any atom is -0.316 e. The second kappa shape index (κ2) is 18.5. The Balaban J connectivity index is 2.07. The van der Waals surface area contributed by atoms with Gasteiger partial charge in [-0.3, -0.25) is 0 Å². The molecular formula is C40H77N. The number of allylic oxidation sites excluding steroid dienone is 1. The third-order valence-corrected chi connectivity index (χ3v) is 12.1. The van der Waals surface area contributed by atoms with Crippen LogP contribution in [-0.4, -0.2) is 13.1 Å². The molecule has 2 aliphatic rings. The van der Waals surface area contributed by atoms with Crippen molar-refractivity contribution in [1.82, 2.24) is 5.32 Å². The van der Waals surface area contributed by atoms with Gasteiger partial charge in [-0.25, -0.2) is 0 Å². The summed E-state index contributed by atoms with van der Waals surface area (Å²) >= 11 is 0. The van der Waals surface area contributed by atoms with E-state index in [0.29, 0.717) is 11.3 Å². The molecule has 0 heterocycles. The van der Waals surface area contributed by atoms with Crippen molar-refractivity contribution in [2.75, 3.05) is 13.1 Å². The molecule has 2 fully saturated rings. The molecule has 0 radical (unpaired) electrons. The van der Waals surface area contributed by atoms with Crippen molar-refractivity contribution in [3.63, 3.8) is 0 Å². The Bertz CT molecular complexity index is 679. The predicted octanol–water partition coefficient (Wildman–Crippen LogP) is 12.2. The summed E-state index contributed by atoms with van der Waals surface area (Å²) in [5.41, 5.74) is 0.353. The zero-order valence-electron chi connectivity index (χ0n) is 29.9. The molecule has 8 unspecified atom stereocenters. The molecule has 8 atom stereocenters. The van der Waals surface area contributed by atoms with Gasteiger partial charge in [-0.2, -0.15) is 0 Å². The molecule has 0 saturated heterocycles. The summed E-state index contributed by atoms with van der Waals surface area (Å²) in [5, 5.41) is 4.05. The van der Waals surface area contributed by atoms with E-state index in [0.717, 1.165) is 59.2 Å². The largest absolute Gasteiger partial charge is 0.316 e. The van der Waals surface area contributed by atoms with Crippen LogP contribution in [0.25, 0.3) is 0 Å². The lowest BCUT2D eigenvalue weighted by molar-refractivity contribution is 0.110. The van der Waals surface area contributed by atoms with E-state index in [1.54, 1.807) is 0 Å². The van der Waals surface area contributed by atoms with E-state index in [-0.39, 0.29) is 0 Å². The summed E-state index contributed by atoms with van der Waals surface area (Å²) in [4.78, 5) is 0. The van der Waals surface area contributed by atoms with Crippen LogP contribution in [0, 0.1) is 70.5 Å². The van der Waals surface area contributed by atoms with Gasteiger partial charge in [0.25, 0.3) is 0 Å². The van der Waals surface area contributed by atoms with Crippen molar-refractivity contribution < 1.29 is 0 Å². The summed E-state index contributed by atoms with van der Waals surface area (Å²) in [6.07, 6.45) is 22.3. The molecule has 0 aliphatic heterocycles. The maximum atomic E-state index is 4.44. The smallest absolute Gasteiger partial charge is 0.00128 e. The standard InChI is InChI=1S/C40H77N/c1-12-17-36(30(5)6)39(40(9,10)11)28-41-25-24-35(32(8)27-33-19-14-15-20-33)23-22-34(13-2)38(26-29(3)4)37-21-16-18-31(37)7/h13,29-39,41H,2,12,14-28H2,1,3-11H3. The van der Waals surface area contributed by atoms with Gasteiger partial charge in [0.05, 0.1) is 0 Å². The summed E-state index contributed by atoms with van der Waals surface area (Å²) < 4.78 is 0. The minimum absolute atomic E-state index is 0.353. The Hall–Kier alpha value is -0.300. The molecule has 41 heavy (non-hydrogen) atoms. The normalized spacial score (nSPS) is 25.0. The lowest BCUT2D eigenvalue weighted by Crippen LogP contribution is -2.39. The van der Waals surface area contributed by atoms with Crippen LogP contribution in [0.2, 0.25) is 0 Å². The fourth-order valence-electron chi connectivity index (χ4n) is 9.59. The molecule has 0 bridgehead atoms. The fourth-order valence-corrected chi connectivity index (χ4v) is 9.59. The number of rotatable bonds is 20. The zero-order valence-corrected chi connectivity index (χ0v) is 29.9. The van der Waals surface area contributed by atoms with Gasteiger partial charge < -0.3 is 5.32 Å². The van der Waals surface area contributed by atoms with Gasteiger partial charge in [0.15, 0.2) is 0 Å². The molecule has 1 heteroatoms. The molecule has 0 aromatic heterocycles. The maximum Gasteiger partial charge on any atom is -0.00128 e. The summed E-state index contributed by atoms with van der Waals surface area (Å²) in [6, 6.07) is 0. The molecule has 0 spiro atoms. The van der Waals surface area contributed by atoms with Crippen LogP contribution in [0.4, 0.5) is 0 Å². The quantitative estimate of drug-likeness (QED) is 0.113. The summed E-state index contributed by atoms with van der Waals surface area (Å²) in [6.45, 7) is 31.6. The van der Waals surface area contributed by atoms with Crippen molar-refractivity contribution >= 4 is 0 Å². The van der Waals surface area contributed by atoms with Crippen LogP contribution in [0.5, 0.6) is 0 Å². The first-order valence-electron chi connectivity index (χ1n) is 18.7. The van der Waals surface area contributed by atoms with Gasteiger partial charge in [-0.1, -0.05) is 127 Å². The molecule has 1 N–H and O–H groups in total. The van der Waals surface area contributed by atoms with E-state index in [1.165, 1.54) is 103 Å². The highest BCUT2D eigenvalue weighted by atomic mass is 14.9. The fraction of sp³-hybridized carbons (Fsp3) is 0.950. The van der Waals surface area contributed by atoms with E-state index in [9.17, 15) is 0 Å². The third kappa shape index (κ3) is 12.3. The summed E-state index contributed by atoms with van der Waals surface area (Å²) in [5.74, 6) is 9.15. The molecule has 2 saturated carbocycles. The lowest BCUT2D eigenvalue weighted by Gasteiger charge is -2.40. The van der Waals surface area contributed by atoms with E-state index in [2.05, 4.69) is 87.2 Å².